The number of nitrogens with one attached hydrogen (secondary N) is 1. The molecule has 0 spiro atoms. The molecule has 2 aromatic rings. The molecular formula is C18H20N2O5. The normalized spacial score (nSPS) is 11.6. The smallest absolute Gasteiger partial charge is 0.274 e. The van der Waals surface area contributed by atoms with Crippen molar-refractivity contribution in [3.63, 3.8) is 0 Å². The minimum Gasteiger partial charge on any atom is -0.497 e. The number of hydrogen-bond donors (Lipinski definition) is 1. The predicted octanol–water partition coefficient (Wildman–Crippen LogP) is 2.82. The van der Waals surface area contributed by atoms with E-state index >= 15 is 0 Å². The van der Waals surface area contributed by atoms with E-state index < -0.39 is 11.0 Å². The standard InChI is InChI=1S/C18H20N2O5/c1-13(25-12-14-6-5-8-16(10-14)24-2)18(21)19-11-15-7-3-4-9-17(15)20(22)23/h3-10,13H,11-12H2,1-2H3,(H,19,21). The molecule has 7 heteroatoms. The highest BCUT2D eigenvalue weighted by Crippen LogP contribution is 2.17. The summed E-state index contributed by atoms with van der Waals surface area (Å²) in [4.78, 5) is 22.6. The van der Waals surface area contributed by atoms with Crippen LogP contribution in [0.1, 0.15) is 18.1 Å². The number of amides is 1. The summed E-state index contributed by atoms with van der Waals surface area (Å²) in [5, 5.41) is 13.6. The molecule has 0 aliphatic carbocycles. The molecule has 0 bridgehead atoms. The van der Waals surface area contributed by atoms with E-state index in [1.54, 1.807) is 32.2 Å². The van der Waals surface area contributed by atoms with Gasteiger partial charge in [0.1, 0.15) is 11.9 Å². The van der Waals surface area contributed by atoms with E-state index in [1.807, 2.05) is 24.3 Å². The van der Waals surface area contributed by atoms with Crippen LogP contribution in [0.4, 0.5) is 5.69 Å². The van der Waals surface area contributed by atoms with Gasteiger partial charge in [-0.05, 0) is 24.6 Å². The van der Waals surface area contributed by atoms with Crippen LogP contribution in [0, 0.1) is 10.1 Å². The Morgan fingerprint density at radius 3 is 2.72 bits per heavy atom. The predicted molar refractivity (Wildman–Crippen MR) is 92.2 cm³/mol. The van der Waals surface area contributed by atoms with Crippen molar-refractivity contribution in [2.24, 2.45) is 0 Å². The van der Waals surface area contributed by atoms with E-state index in [0.29, 0.717) is 5.56 Å². The van der Waals surface area contributed by atoms with E-state index in [2.05, 4.69) is 5.32 Å². The van der Waals surface area contributed by atoms with Gasteiger partial charge in [-0.2, -0.15) is 0 Å². The lowest BCUT2D eigenvalue weighted by atomic mass is 10.2. The molecule has 0 aliphatic heterocycles. The summed E-state index contributed by atoms with van der Waals surface area (Å²) >= 11 is 0. The van der Waals surface area contributed by atoms with Crippen LogP contribution in [0.25, 0.3) is 0 Å². The number of para-hydroxylation sites is 1. The van der Waals surface area contributed by atoms with Crippen LogP contribution < -0.4 is 10.1 Å². The molecule has 0 heterocycles. The number of nitro groups is 1. The Kier molecular flexibility index (Phi) is 6.47. The van der Waals surface area contributed by atoms with Gasteiger partial charge in [0.25, 0.3) is 5.69 Å². The molecule has 7 nitrogen and oxygen atoms in total. The van der Waals surface area contributed by atoms with E-state index in [-0.39, 0.29) is 24.7 Å². The van der Waals surface area contributed by atoms with Crippen LogP contribution >= 0.6 is 0 Å². The summed E-state index contributed by atoms with van der Waals surface area (Å²) in [5.74, 6) is 0.385. The monoisotopic (exact) mass is 344 g/mol. The van der Waals surface area contributed by atoms with Crippen molar-refractivity contribution in [1.29, 1.82) is 0 Å². The molecule has 132 valence electrons. The number of ether oxygens (including phenoxy) is 2. The first-order valence-electron chi connectivity index (χ1n) is 7.76. The third-order valence-corrected chi connectivity index (χ3v) is 3.64. The largest absolute Gasteiger partial charge is 0.497 e. The molecule has 1 unspecified atom stereocenters. The van der Waals surface area contributed by atoms with E-state index in [1.165, 1.54) is 6.07 Å². The van der Waals surface area contributed by atoms with Gasteiger partial charge in [-0.15, -0.1) is 0 Å². The van der Waals surface area contributed by atoms with Crippen molar-refractivity contribution in [2.75, 3.05) is 7.11 Å². The van der Waals surface area contributed by atoms with Crippen molar-refractivity contribution in [2.45, 2.75) is 26.2 Å². The number of carbonyl (C=O) groups excluding carboxylic acids is 1. The highest BCUT2D eigenvalue weighted by molar-refractivity contribution is 5.80. The lowest BCUT2D eigenvalue weighted by Gasteiger charge is -2.14. The Balaban J connectivity index is 1.87. The van der Waals surface area contributed by atoms with Crippen LogP contribution in [0.3, 0.4) is 0 Å². The number of hydrogen-bond acceptors (Lipinski definition) is 5. The maximum Gasteiger partial charge on any atom is 0.274 e. The van der Waals surface area contributed by atoms with E-state index in [4.69, 9.17) is 9.47 Å². The summed E-state index contributed by atoms with van der Waals surface area (Å²) in [6.45, 7) is 1.97. The van der Waals surface area contributed by atoms with Crippen molar-refractivity contribution >= 4 is 11.6 Å². The SMILES string of the molecule is COc1cccc(COC(C)C(=O)NCc2ccccc2[N+](=O)[O-])c1. The second-order valence-corrected chi connectivity index (χ2v) is 5.41. The fraction of sp³-hybridized carbons (Fsp3) is 0.278. The second-order valence-electron chi connectivity index (χ2n) is 5.41. The van der Waals surface area contributed by atoms with Gasteiger partial charge in [-0.3, -0.25) is 14.9 Å². The van der Waals surface area contributed by atoms with Crippen LogP contribution in [-0.4, -0.2) is 24.0 Å². The highest BCUT2D eigenvalue weighted by Gasteiger charge is 2.16. The maximum absolute atomic E-state index is 12.1. The zero-order valence-corrected chi connectivity index (χ0v) is 14.1. The molecule has 0 aliphatic rings. The first-order valence-corrected chi connectivity index (χ1v) is 7.76. The lowest BCUT2D eigenvalue weighted by Crippen LogP contribution is -2.34. The van der Waals surface area contributed by atoms with Crippen LogP contribution in [-0.2, 0) is 22.7 Å². The van der Waals surface area contributed by atoms with Crippen molar-refractivity contribution in [3.8, 4) is 5.75 Å². The minimum atomic E-state index is -0.686. The summed E-state index contributed by atoms with van der Waals surface area (Å²) in [6, 6.07) is 13.7. The molecule has 0 saturated carbocycles. The molecular weight excluding hydrogens is 324 g/mol. The van der Waals surface area contributed by atoms with E-state index in [0.717, 1.165) is 11.3 Å². The first kappa shape index (κ1) is 18.4. The third-order valence-electron chi connectivity index (χ3n) is 3.64. The fourth-order valence-electron chi connectivity index (χ4n) is 2.22. The van der Waals surface area contributed by atoms with Gasteiger partial charge in [0.15, 0.2) is 0 Å². The lowest BCUT2D eigenvalue weighted by molar-refractivity contribution is -0.385. The average molecular weight is 344 g/mol. The first-order chi connectivity index (χ1) is 12.0. The van der Waals surface area contributed by atoms with Gasteiger partial charge in [0, 0.05) is 18.2 Å². The van der Waals surface area contributed by atoms with Gasteiger partial charge in [0.05, 0.1) is 18.6 Å². The summed E-state index contributed by atoms with van der Waals surface area (Å²) < 4.78 is 10.7. The number of benzene rings is 2. The zero-order chi connectivity index (χ0) is 18.2. The second kappa shape index (κ2) is 8.79. The molecule has 0 fully saturated rings. The molecule has 2 aromatic carbocycles. The number of nitro benzene ring substituents is 1. The molecule has 0 aromatic heterocycles. The summed E-state index contributed by atoms with van der Waals surface area (Å²) in [5.41, 5.74) is 1.31. The number of carbonyl (C=O) groups is 1. The van der Waals surface area contributed by atoms with Gasteiger partial charge in [0.2, 0.25) is 5.91 Å². The van der Waals surface area contributed by atoms with Crippen LogP contribution in [0.2, 0.25) is 0 Å². The Bertz CT molecular complexity index is 748. The highest BCUT2D eigenvalue weighted by atomic mass is 16.6. The molecule has 25 heavy (non-hydrogen) atoms. The van der Waals surface area contributed by atoms with Crippen molar-refractivity contribution < 1.29 is 19.2 Å². The Labute approximate surface area is 145 Å². The number of methoxy groups -OCH3 is 1. The molecule has 2 rings (SSSR count). The van der Waals surface area contributed by atoms with Gasteiger partial charge in [-0.25, -0.2) is 0 Å². The third kappa shape index (κ3) is 5.29. The van der Waals surface area contributed by atoms with Crippen molar-refractivity contribution in [1.82, 2.24) is 5.32 Å². The van der Waals surface area contributed by atoms with Crippen LogP contribution in [0.15, 0.2) is 48.5 Å². The minimum absolute atomic E-state index is 0.0206. The van der Waals surface area contributed by atoms with Crippen molar-refractivity contribution in [3.05, 3.63) is 69.8 Å². The molecule has 1 amide bonds. The summed E-state index contributed by atoms with van der Waals surface area (Å²) in [6.07, 6.45) is -0.686. The Morgan fingerprint density at radius 1 is 1.24 bits per heavy atom. The van der Waals surface area contributed by atoms with Gasteiger partial charge in [-0.1, -0.05) is 30.3 Å². The van der Waals surface area contributed by atoms with Crippen LogP contribution in [0.5, 0.6) is 5.75 Å². The number of rotatable bonds is 8. The zero-order valence-electron chi connectivity index (χ0n) is 14.1. The fourth-order valence-corrected chi connectivity index (χ4v) is 2.22. The number of nitrogens with zero attached hydrogens (tertiary/aromatic N) is 1. The maximum atomic E-state index is 12.1. The topological polar surface area (TPSA) is 90.7 Å². The Hall–Kier alpha value is -2.93. The van der Waals surface area contributed by atoms with Gasteiger partial charge >= 0.3 is 0 Å². The molecule has 1 atom stereocenters. The van der Waals surface area contributed by atoms with E-state index in [9.17, 15) is 14.9 Å². The van der Waals surface area contributed by atoms with Gasteiger partial charge < -0.3 is 14.8 Å². The summed E-state index contributed by atoms with van der Waals surface area (Å²) in [7, 11) is 1.58. The quantitative estimate of drug-likeness (QED) is 0.587. The molecule has 1 N–H and O–H groups in total. The molecule has 0 saturated heterocycles. The average Bonchev–Trinajstić information content (AvgIpc) is 2.64. The Morgan fingerprint density at radius 2 is 2.00 bits per heavy atom. The molecule has 0 radical (unpaired) electrons.